The van der Waals surface area contributed by atoms with E-state index in [4.69, 9.17) is 0 Å². The molecule has 1 aromatic heterocycles. The Morgan fingerprint density at radius 3 is 1.56 bits per heavy atom. The molecule has 332 valence electrons. The molecule has 3 heterocycles. The average Bonchev–Trinajstić information content (AvgIpc) is 4.07. The molecule has 2 aliphatic rings. The summed E-state index contributed by atoms with van der Waals surface area (Å²) in [7, 11) is 4.00. The molecule has 0 bridgehead atoms. The third-order valence-corrected chi connectivity index (χ3v) is 12.7. The number of benzene rings is 4. The van der Waals surface area contributed by atoms with Gasteiger partial charge in [-0.1, -0.05) is 100 Å². The standard InChI is InChI=1S/C52H65N7O4/c1-35(2)27-31-56(5)47(38-15-9-7-10-16-38)51(62)58-29-13-19-45(58)49(60)53-41-23-21-37(22-24-41)44-34-40-33-42(25-26-43(40)55-44)54-50(61)46-20-14-30-59(46)52(63)48(39-17-11-8-12-18-39)57(6)32-28-36(3)4/h7-12,15-18,21-26,33-36,45-48,55H,13-14,19-20,27-32H2,1-6H3,(H,53,60)(H,54,61)/t45-,46-,47+,48+/m0/s1. The lowest BCUT2D eigenvalue weighted by Gasteiger charge is -2.33. The number of anilines is 2. The highest BCUT2D eigenvalue weighted by Crippen LogP contribution is 2.32. The Balaban J connectivity index is 0.990. The van der Waals surface area contributed by atoms with Crippen molar-refractivity contribution in [2.75, 3.05) is 50.9 Å². The number of carbonyl (C=O) groups excluding carboxylic acids is 4. The number of hydrogen-bond acceptors (Lipinski definition) is 6. The maximum atomic E-state index is 14.3. The van der Waals surface area contributed by atoms with Crippen LogP contribution in [0.2, 0.25) is 0 Å². The van der Waals surface area contributed by atoms with Crippen LogP contribution in [-0.2, 0) is 19.2 Å². The summed E-state index contributed by atoms with van der Waals surface area (Å²) in [6.45, 7) is 11.4. The molecule has 2 fully saturated rings. The second-order valence-corrected chi connectivity index (χ2v) is 18.4. The van der Waals surface area contributed by atoms with E-state index in [1.807, 2.05) is 123 Å². The number of nitrogens with zero attached hydrogens (tertiary/aromatic N) is 4. The van der Waals surface area contributed by atoms with E-state index < -0.39 is 24.2 Å². The van der Waals surface area contributed by atoms with Gasteiger partial charge >= 0.3 is 0 Å². The van der Waals surface area contributed by atoms with Crippen molar-refractivity contribution in [2.45, 2.75) is 90.4 Å². The first-order valence-electron chi connectivity index (χ1n) is 22.8. The van der Waals surface area contributed by atoms with E-state index in [0.717, 1.165) is 72.1 Å². The van der Waals surface area contributed by atoms with E-state index in [1.165, 1.54) is 0 Å². The number of carbonyl (C=O) groups is 4. The lowest BCUT2D eigenvalue weighted by atomic mass is 10.0. The molecule has 4 aromatic carbocycles. The van der Waals surface area contributed by atoms with Gasteiger partial charge in [-0.2, -0.15) is 0 Å². The summed E-state index contributed by atoms with van der Waals surface area (Å²) < 4.78 is 0. The topological polar surface area (TPSA) is 121 Å². The molecular weight excluding hydrogens is 787 g/mol. The van der Waals surface area contributed by atoms with E-state index in [9.17, 15) is 19.2 Å². The lowest BCUT2D eigenvalue weighted by Crippen LogP contribution is -2.48. The second-order valence-electron chi connectivity index (χ2n) is 18.4. The number of amides is 4. The SMILES string of the molecule is CC(C)CCN(C)[C@@H](C(=O)N1CCC[C@H]1C(=O)Nc1ccc(-c2cc3cc(NC(=O)[C@@H]4CCCN4C(=O)[C@@H](c4ccccc4)N(C)CCC(C)C)ccc3[nH]2)cc1)c1ccccc1. The van der Waals surface area contributed by atoms with Crippen LogP contribution in [0.15, 0.2) is 109 Å². The molecular formula is C52H65N7O4. The predicted molar refractivity (Wildman–Crippen MR) is 253 cm³/mol. The first kappa shape index (κ1) is 45.3. The summed E-state index contributed by atoms with van der Waals surface area (Å²) in [5.74, 6) is 0.591. The van der Waals surface area contributed by atoms with Gasteiger partial charge in [0.05, 0.1) is 0 Å². The first-order chi connectivity index (χ1) is 30.4. The van der Waals surface area contributed by atoms with Gasteiger partial charge in [0.2, 0.25) is 23.6 Å². The molecule has 3 N–H and O–H groups in total. The van der Waals surface area contributed by atoms with E-state index in [1.54, 1.807) is 9.80 Å². The van der Waals surface area contributed by atoms with Crippen molar-refractivity contribution in [1.82, 2.24) is 24.6 Å². The van der Waals surface area contributed by atoms with Crippen LogP contribution in [0.3, 0.4) is 0 Å². The van der Waals surface area contributed by atoms with Crippen molar-refractivity contribution in [3.63, 3.8) is 0 Å². The summed E-state index contributed by atoms with van der Waals surface area (Å²) in [4.78, 5) is 67.4. The monoisotopic (exact) mass is 852 g/mol. The minimum Gasteiger partial charge on any atom is -0.355 e. The number of likely N-dealkylation sites (tertiary alicyclic amines) is 2. The van der Waals surface area contributed by atoms with Crippen LogP contribution in [0.25, 0.3) is 22.2 Å². The quantitative estimate of drug-likeness (QED) is 0.0859. The van der Waals surface area contributed by atoms with Gasteiger partial charge < -0.3 is 25.4 Å². The zero-order chi connectivity index (χ0) is 44.6. The largest absolute Gasteiger partial charge is 0.355 e. The number of nitrogens with one attached hydrogen (secondary N) is 3. The van der Waals surface area contributed by atoms with Crippen LogP contribution in [0.4, 0.5) is 11.4 Å². The zero-order valence-electron chi connectivity index (χ0n) is 37.8. The molecule has 7 rings (SSSR count). The third kappa shape index (κ3) is 10.9. The minimum absolute atomic E-state index is 0.0366. The van der Waals surface area contributed by atoms with E-state index >= 15 is 0 Å². The molecule has 0 saturated carbocycles. The Morgan fingerprint density at radius 2 is 1.08 bits per heavy atom. The second kappa shape index (κ2) is 20.6. The van der Waals surface area contributed by atoms with Gasteiger partial charge in [-0.05, 0) is 131 Å². The Morgan fingerprint density at radius 1 is 0.619 bits per heavy atom. The van der Waals surface area contributed by atoms with Gasteiger partial charge in [-0.25, -0.2) is 0 Å². The van der Waals surface area contributed by atoms with Crippen molar-refractivity contribution in [3.8, 4) is 11.3 Å². The first-order valence-corrected chi connectivity index (χ1v) is 22.8. The van der Waals surface area contributed by atoms with Crippen LogP contribution in [0.1, 0.15) is 89.4 Å². The van der Waals surface area contributed by atoms with E-state index in [-0.39, 0.29) is 23.6 Å². The Hall–Kier alpha value is -5.78. The van der Waals surface area contributed by atoms with Gasteiger partial charge in [0, 0.05) is 41.1 Å². The summed E-state index contributed by atoms with van der Waals surface area (Å²) >= 11 is 0. The van der Waals surface area contributed by atoms with Gasteiger partial charge in [-0.15, -0.1) is 0 Å². The van der Waals surface area contributed by atoms with Crippen molar-refractivity contribution in [1.29, 1.82) is 0 Å². The van der Waals surface area contributed by atoms with Crippen LogP contribution in [0, 0.1) is 11.8 Å². The number of aromatic amines is 1. The lowest BCUT2D eigenvalue weighted by molar-refractivity contribution is -0.141. The number of likely N-dealkylation sites (N-methyl/N-ethyl adjacent to an activating group) is 2. The summed E-state index contributed by atoms with van der Waals surface area (Å²) in [6, 6.07) is 33.3. The zero-order valence-corrected chi connectivity index (χ0v) is 37.8. The van der Waals surface area contributed by atoms with Crippen molar-refractivity contribution >= 4 is 45.9 Å². The minimum atomic E-state index is -0.552. The van der Waals surface area contributed by atoms with Crippen LogP contribution >= 0.6 is 0 Å². The Bertz CT molecular complexity index is 2330. The number of H-pyrrole nitrogens is 1. The third-order valence-electron chi connectivity index (χ3n) is 12.7. The molecule has 4 amide bonds. The van der Waals surface area contributed by atoms with E-state index in [0.29, 0.717) is 49.1 Å². The molecule has 0 spiro atoms. The van der Waals surface area contributed by atoms with Gasteiger partial charge in [0.1, 0.15) is 24.2 Å². The summed E-state index contributed by atoms with van der Waals surface area (Å²) in [5.41, 5.74) is 5.96. The normalized spacial score (nSPS) is 17.6. The van der Waals surface area contributed by atoms with Crippen molar-refractivity contribution in [2.24, 2.45) is 11.8 Å². The smallest absolute Gasteiger partial charge is 0.247 e. The fraction of sp³-hybridized carbons (Fsp3) is 0.423. The molecule has 0 unspecified atom stereocenters. The maximum Gasteiger partial charge on any atom is 0.247 e. The van der Waals surface area contributed by atoms with Crippen LogP contribution in [0.5, 0.6) is 0 Å². The highest BCUT2D eigenvalue weighted by Gasteiger charge is 2.40. The van der Waals surface area contributed by atoms with Gasteiger partial charge in [0.25, 0.3) is 0 Å². The Labute approximate surface area is 373 Å². The molecule has 11 nitrogen and oxygen atoms in total. The van der Waals surface area contributed by atoms with Crippen molar-refractivity contribution < 1.29 is 19.2 Å². The van der Waals surface area contributed by atoms with Crippen LogP contribution < -0.4 is 10.6 Å². The molecule has 2 aliphatic heterocycles. The summed E-state index contributed by atoms with van der Waals surface area (Å²) in [6.07, 6.45) is 4.73. The summed E-state index contributed by atoms with van der Waals surface area (Å²) in [5, 5.41) is 7.14. The molecule has 11 heteroatoms. The number of hydrogen-bond donors (Lipinski definition) is 3. The maximum absolute atomic E-state index is 14.3. The highest BCUT2D eigenvalue weighted by molar-refractivity contribution is 6.01. The van der Waals surface area contributed by atoms with Gasteiger partial charge in [-0.3, -0.25) is 29.0 Å². The number of aromatic nitrogens is 1. The van der Waals surface area contributed by atoms with Crippen LogP contribution in [-0.4, -0.2) is 101 Å². The van der Waals surface area contributed by atoms with E-state index in [2.05, 4.69) is 53.1 Å². The molecule has 4 atom stereocenters. The number of rotatable bonds is 17. The molecule has 0 aliphatic carbocycles. The molecule has 63 heavy (non-hydrogen) atoms. The fourth-order valence-electron chi connectivity index (χ4n) is 9.09. The Kier molecular flexibility index (Phi) is 14.8. The predicted octanol–water partition coefficient (Wildman–Crippen LogP) is 9.13. The van der Waals surface area contributed by atoms with Gasteiger partial charge in [0.15, 0.2) is 0 Å². The van der Waals surface area contributed by atoms with Crippen molar-refractivity contribution in [3.05, 3.63) is 120 Å². The highest BCUT2D eigenvalue weighted by atomic mass is 16.2. The average molecular weight is 852 g/mol. The fourth-order valence-corrected chi connectivity index (χ4v) is 9.09. The molecule has 0 radical (unpaired) electrons. The molecule has 2 saturated heterocycles. The number of fused-ring (bicyclic) bond motifs is 1. The molecule has 5 aromatic rings.